The Morgan fingerprint density at radius 3 is 1.60 bits per heavy atom. The smallest absolute Gasteiger partial charge is 0.414 e. The van der Waals surface area contributed by atoms with Crippen molar-refractivity contribution in [2.75, 3.05) is 33.0 Å². The summed E-state index contributed by atoms with van der Waals surface area (Å²) < 4.78 is 36.6. The molecule has 0 spiro atoms. The first-order valence-corrected chi connectivity index (χ1v) is 11.6. The molecule has 0 atom stereocenters. The molecule has 30 heavy (non-hydrogen) atoms. The van der Waals surface area contributed by atoms with Gasteiger partial charge in [0.25, 0.3) is 0 Å². The van der Waals surface area contributed by atoms with Crippen LogP contribution in [0, 0.1) is 0 Å². The van der Waals surface area contributed by atoms with Crippen LogP contribution in [-0.2, 0) is 23.7 Å². The standard InChI is InChI=1S/C24H42O6/c1-6-11-12-13-14-18-21-29-23(25-7-2,26-8-3)24(27-9-4,28-10-5)30-22-19-16-15-17-20-22/h15-17,19-20H,6-14,18,21H2,1-5H3. The summed E-state index contributed by atoms with van der Waals surface area (Å²) in [5.41, 5.74) is 0. The molecule has 1 aromatic rings. The zero-order chi connectivity index (χ0) is 22.1. The molecule has 0 amide bonds. The summed E-state index contributed by atoms with van der Waals surface area (Å²) in [6, 6.07) is 9.37. The van der Waals surface area contributed by atoms with Gasteiger partial charge in [0.15, 0.2) is 0 Å². The molecule has 0 saturated carbocycles. The average Bonchev–Trinajstić information content (AvgIpc) is 2.74. The molecular formula is C24H42O6. The fraction of sp³-hybridized carbons (Fsp3) is 0.750. The van der Waals surface area contributed by atoms with Gasteiger partial charge in [0, 0.05) is 13.2 Å². The maximum absolute atomic E-state index is 6.24. The fourth-order valence-electron chi connectivity index (χ4n) is 3.22. The Bertz CT molecular complexity index is 510. The van der Waals surface area contributed by atoms with Crippen LogP contribution in [0.4, 0.5) is 0 Å². The highest BCUT2D eigenvalue weighted by molar-refractivity contribution is 5.21. The SMILES string of the molecule is CCCCCCCCOC(OCC)(OCC)C(OCC)(OCC)Oc1ccccc1. The highest BCUT2D eigenvalue weighted by Crippen LogP contribution is 2.37. The maximum atomic E-state index is 6.24. The zero-order valence-corrected chi connectivity index (χ0v) is 19.6. The van der Waals surface area contributed by atoms with Crippen molar-refractivity contribution >= 4 is 0 Å². The predicted octanol–water partition coefficient (Wildman–Crippen LogP) is 5.90. The normalized spacial score (nSPS) is 12.3. The minimum Gasteiger partial charge on any atom is -0.433 e. The predicted molar refractivity (Wildman–Crippen MR) is 118 cm³/mol. The summed E-state index contributed by atoms with van der Waals surface area (Å²) in [6.07, 6.45) is 6.92. The largest absolute Gasteiger partial charge is 0.433 e. The molecule has 0 fully saturated rings. The Kier molecular flexibility index (Phi) is 14.0. The zero-order valence-electron chi connectivity index (χ0n) is 19.6. The highest BCUT2D eigenvalue weighted by Gasteiger charge is 2.62. The Hall–Kier alpha value is -1.18. The summed E-state index contributed by atoms with van der Waals surface area (Å²) in [5, 5.41) is 0. The van der Waals surface area contributed by atoms with E-state index in [0.29, 0.717) is 38.8 Å². The minimum absolute atomic E-state index is 0.328. The summed E-state index contributed by atoms with van der Waals surface area (Å²) in [4.78, 5) is 0. The second-order valence-electron chi connectivity index (χ2n) is 6.88. The first-order valence-electron chi connectivity index (χ1n) is 11.6. The van der Waals surface area contributed by atoms with Gasteiger partial charge in [0.05, 0.1) is 19.8 Å². The molecule has 0 N–H and O–H groups in total. The molecule has 1 aromatic carbocycles. The summed E-state index contributed by atoms with van der Waals surface area (Å²) in [6.45, 7) is 11.5. The van der Waals surface area contributed by atoms with Crippen LogP contribution >= 0.6 is 0 Å². The average molecular weight is 427 g/mol. The third-order valence-electron chi connectivity index (χ3n) is 4.50. The lowest BCUT2D eigenvalue weighted by atomic mass is 10.1. The summed E-state index contributed by atoms with van der Waals surface area (Å²) >= 11 is 0. The van der Waals surface area contributed by atoms with E-state index in [-0.39, 0.29) is 0 Å². The van der Waals surface area contributed by atoms with Crippen LogP contribution in [0.25, 0.3) is 0 Å². The Morgan fingerprint density at radius 2 is 1.07 bits per heavy atom. The van der Waals surface area contributed by atoms with E-state index in [0.717, 1.165) is 12.8 Å². The highest BCUT2D eigenvalue weighted by atomic mass is 17.0. The fourth-order valence-corrected chi connectivity index (χ4v) is 3.22. The monoisotopic (exact) mass is 426 g/mol. The van der Waals surface area contributed by atoms with Gasteiger partial charge in [0.1, 0.15) is 5.75 Å². The number of rotatable bonds is 19. The van der Waals surface area contributed by atoms with Gasteiger partial charge in [-0.05, 0) is 46.2 Å². The third kappa shape index (κ3) is 8.16. The van der Waals surface area contributed by atoms with Crippen molar-refractivity contribution in [1.29, 1.82) is 0 Å². The van der Waals surface area contributed by atoms with Gasteiger partial charge in [0.2, 0.25) is 0 Å². The topological polar surface area (TPSA) is 55.4 Å². The molecule has 0 unspecified atom stereocenters. The van der Waals surface area contributed by atoms with Gasteiger partial charge in [-0.15, -0.1) is 0 Å². The molecule has 0 aliphatic carbocycles. The first kappa shape index (κ1) is 26.9. The minimum atomic E-state index is -1.70. The number of benzene rings is 1. The Labute approximate surface area is 183 Å². The summed E-state index contributed by atoms with van der Waals surface area (Å²) in [7, 11) is 0. The number of ether oxygens (including phenoxy) is 6. The molecule has 0 aromatic heterocycles. The van der Waals surface area contributed by atoms with Crippen LogP contribution in [-0.4, -0.2) is 45.0 Å². The lowest BCUT2D eigenvalue weighted by Gasteiger charge is -2.45. The van der Waals surface area contributed by atoms with Crippen LogP contribution in [0.3, 0.4) is 0 Å². The number of para-hydroxylation sites is 1. The molecule has 6 nitrogen and oxygen atoms in total. The van der Waals surface area contributed by atoms with Crippen molar-refractivity contribution in [2.24, 2.45) is 0 Å². The van der Waals surface area contributed by atoms with Crippen LogP contribution in [0.15, 0.2) is 30.3 Å². The van der Waals surface area contributed by atoms with Gasteiger partial charge < -0.3 is 28.4 Å². The third-order valence-corrected chi connectivity index (χ3v) is 4.50. The lowest BCUT2D eigenvalue weighted by molar-refractivity contribution is -0.543. The van der Waals surface area contributed by atoms with E-state index in [1.54, 1.807) is 0 Å². The van der Waals surface area contributed by atoms with Crippen LogP contribution in [0.1, 0.15) is 73.1 Å². The van der Waals surface area contributed by atoms with Crippen molar-refractivity contribution in [3.63, 3.8) is 0 Å². The Balaban J connectivity index is 3.10. The molecule has 0 heterocycles. The first-order chi connectivity index (χ1) is 14.6. The van der Waals surface area contributed by atoms with Gasteiger partial charge >= 0.3 is 11.9 Å². The van der Waals surface area contributed by atoms with Gasteiger partial charge in [-0.1, -0.05) is 57.2 Å². The quantitative estimate of drug-likeness (QED) is 0.203. The number of unbranched alkanes of at least 4 members (excludes halogenated alkanes) is 5. The van der Waals surface area contributed by atoms with Crippen LogP contribution in [0.2, 0.25) is 0 Å². The van der Waals surface area contributed by atoms with Crippen LogP contribution < -0.4 is 4.74 Å². The molecule has 1 rings (SSSR count). The molecule has 174 valence electrons. The Morgan fingerprint density at radius 1 is 0.567 bits per heavy atom. The van der Waals surface area contributed by atoms with E-state index < -0.39 is 11.9 Å². The molecule has 0 radical (unpaired) electrons. The molecule has 0 aliphatic heterocycles. The molecular weight excluding hydrogens is 384 g/mol. The van der Waals surface area contributed by atoms with E-state index in [1.165, 1.54) is 25.7 Å². The number of hydrogen-bond donors (Lipinski definition) is 0. The van der Waals surface area contributed by atoms with Crippen molar-refractivity contribution < 1.29 is 28.4 Å². The van der Waals surface area contributed by atoms with E-state index in [1.807, 2.05) is 58.0 Å². The van der Waals surface area contributed by atoms with Crippen LogP contribution in [0.5, 0.6) is 5.75 Å². The number of hydrogen-bond acceptors (Lipinski definition) is 6. The summed E-state index contributed by atoms with van der Waals surface area (Å²) in [5.74, 6) is -2.78. The van der Waals surface area contributed by atoms with Crippen molar-refractivity contribution in [3.8, 4) is 5.75 Å². The van der Waals surface area contributed by atoms with Gasteiger partial charge in [-0.3, -0.25) is 0 Å². The second-order valence-corrected chi connectivity index (χ2v) is 6.88. The van der Waals surface area contributed by atoms with Gasteiger partial charge in [-0.25, -0.2) is 0 Å². The van der Waals surface area contributed by atoms with Gasteiger partial charge in [-0.2, -0.15) is 0 Å². The second kappa shape index (κ2) is 15.6. The molecule has 0 aliphatic rings. The van der Waals surface area contributed by atoms with E-state index >= 15 is 0 Å². The van der Waals surface area contributed by atoms with E-state index in [4.69, 9.17) is 28.4 Å². The lowest BCUT2D eigenvalue weighted by Crippen LogP contribution is -2.66. The maximum Gasteiger partial charge on any atom is 0.414 e. The van der Waals surface area contributed by atoms with E-state index in [2.05, 4.69) is 6.92 Å². The van der Waals surface area contributed by atoms with Crippen molar-refractivity contribution in [3.05, 3.63) is 30.3 Å². The van der Waals surface area contributed by atoms with Crippen molar-refractivity contribution in [1.82, 2.24) is 0 Å². The molecule has 0 bridgehead atoms. The molecule has 0 saturated heterocycles. The van der Waals surface area contributed by atoms with Crippen molar-refractivity contribution in [2.45, 2.75) is 85.1 Å². The molecule has 6 heteroatoms. The van der Waals surface area contributed by atoms with E-state index in [9.17, 15) is 0 Å².